The number of nitrogens with zero attached hydrogens (tertiary/aromatic N) is 8. The van der Waals surface area contributed by atoms with Crippen LogP contribution in [0.3, 0.4) is 0 Å². The Balaban J connectivity index is 0.000000121. The van der Waals surface area contributed by atoms with Crippen LogP contribution in [0.4, 0.5) is 5.69 Å². The molecule has 6 fully saturated rings. The van der Waals surface area contributed by atoms with E-state index in [9.17, 15) is 24.0 Å². The minimum atomic E-state index is 0.113. The first-order valence-electron chi connectivity index (χ1n) is 27.9. The van der Waals surface area contributed by atoms with Crippen LogP contribution in [0.5, 0.6) is 5.75 Å². The third kappa shape index (κ3) is 15.0. The molecule has 4 N–H and O–H groups in total. The Morgan fingerprint density at radius 3 is 1.71 bits per heavy atom. The van der Waals surface area contributed by atoms with Crippen LogP contribution in [-0.4, -0.2) is 147 Å². The first-order chi connectivity index (χ1) is 37.4. The summed E-state index contributed by atoms with van der Waals surface area (Å²) in [4.78, 5) is 77.3. The van der Waals surface area contributed by atoms with Gasteiger partial charge in [-0.1, -0.05) is 73.5 Å². The quantitative estimate of drug-likeness (QED) is 0.117. The number of nitrogens with two attached hydrogens (primary N) is 1. The maximum absolute atomic E-state index is 12.8. The van der Waals surface area contributed by atoms with Gasteiger partial charge in [0.1, 0.15) is 11.6 Å². The lowest BCUT2D eigenvalue weighted by atomic mass is 9.99. The van der Waals surface area contributed by atoms with E-state index in [4.69, 9.17) is 15.7 Å². The summed E-state index contributed by atoms with van der Waals surface area (Å²) in [6.07, 6.45) is 18.5. The topological polar surface area (TPSA) is 193 Å². The second-order valence-electron chi connectivity index (χ2n) is 21.5. The molecule has 4 unspecified atom stereocenters. The second kappa shape index (κ2) is 27.5. The largest absolute Gasteiger partial charge is 0.427 e. The van der Waals surface area contributed by atoms with Gasteiger partial charge in [-0.15, -0.1) is 0 Å². The lowest BCUT2D eigenvalue weighted by Gasteiger charge is -2.33. The van der Waals surface area contributed by atoms with Gasteiger partial charge < -0.3 is 21.1 Å². The third-order valence-electron chi connectivity index (χ3n) is 16.5. The number of nitrogen functional groups attached to an aromatic ring is 1. The van der Waals surface area contributed by atoms with Crippen molar-refractivity contribution in [1.82, 2.24) is 49.3 Å². The maximum atomic E-state index is 12.8. The lowest BCUT2D eigenvalue weighted by Crippen LogP contribution is -2.43. The van der Waals surface area contributed by atoms with E-state index >= 15 is 0 Å². The summed E-state index contributed by atoms with van der Waals surface area (Å²) in [6, 6.07) is 18.7. The van der Waals surface area contributed by atoms with E-state index in [0.717, 1.165) is 118 Å². The van der Waals surface area contributed by atoms with E-state index in [-0.39, 0.29) is 22.9 Å². The molecule has 6 saturated heterocycles. The Hall–Kier alpha value is -4.57. The van der Waals surface area contributed by atoms with Crippen molar-refractivity contribution in [2.24, 2.45) is 0 Å². The standard InChI is InChI=1S/2C16H18BrN3O.2C9H16N2O.C7H6BrNO2/c17-11-4-5-13-14(9-11)18-15-6-8-19-7-2-1-3-12(19)10-20(15)16(13)21;17-11-4-5-13-14(9-11)18-15-10-12-3-1-2-6-19(12)7-8-20(15)16(13)21;12-9-7-8-3-1-2-5-11(8)6-4-10-9;12-9-4-6-11-5-2-1-3-8(11)7-10-9;8-5-1-2-7(11-4-10)6(9)3-5/h2*4-5,9,12H,1-3,6-8,10H2;2*8H,1-7H2,(H,10,12);1-4H,9H2. The van der Waals surface area contributed by atoms with Crippen molar-refractivity contribution in [3.63, 3.8) is 0 Å². The van der Waals surface area contributed by atoms with Gasteiger partial charge in [-0.25, -0.2) is 9.97 Å². The Bertz CT molecular complexity index is 2970. The van der Waals surface area contributed by atoms with E-state index in [2.05, 4.69) is 82.8 Å². The number of aromatic nitrogens is 4. The summed E-state index contributed by atoms with van der Waals surface area (Å²) < 4.78 is 11.2. The normalized spacial score (nSPS) is 23.6. The van der Waals surface area contributed by atoms with Crippen molar-refractivity contribution < 1.29 is 19.1 Å². The maximum Gasteiger partial charge on any atom is 0.298 e. The number of carbonyl (C=O) groups is 3. The second-order valence-corrected chi connectivity index (χ2v) is 24.2. The fourth-order valence-corrected chi connectivity index (χ4v) is 13.4. The molecule has 77 heavy (non-hydrogen) atoms. The molecule has 414 valence electrons. The van der Waals surface area contributed by atoms with E-state index in [1.807, 2.05) is 45.5 Å². The first-order valence-corrected chi connectivity index (χ1v) is 30.3. The fraction of sp³-hybridized carbons (Fsp3) is 0.561. The van der Waals surface area contributed by atoms with Gasteiger partial charge >= 0.3 is 0 Å². The number of anilines is 1. The molecule has 0 saturated carbocycles. The molecule has 8 aliphatic rings. The van der Waals surface area contributed by atoms with Crippen molar-refractivity contribution in [3.05, 3.63) is 100 Å². The molecule has 5 aromatic rings. The Labute approximate surface area is 476 Å². The van der Waals surface area contributed by atoms with E-state index < -0.39 is 0 Å². The van der Waals surface area contributed by atoms with Crippen LogP contribution >= 0.6 is 47.8 Å². The average Bonchev–Trinajstić information content (AvgIpc) is 3.92. The highest BCUT2D eigenvalue weighted by atomic mass is 79.9. The molecule has 2 amide bonds. The minimum Gasteiger partial charge on any atom is -0.427 e. The number of benzene rings is 3. The highest BCUT2D eigenvalue weighted by molar-refractivity contribution is 9.11. The summed E-state index contributed by atoms with van der Waals surface area (Å²) in [7, 11) is 0. The van der Waals surface area contributed by atoms with E-state index in [1.54, 1.807) is 18.2 Å². The van der Waals surface area contributed by atoms with Gasteiger partial charge in [0.2, 0.25) is 11.8 Å². The number of hydrogen-bond acceptors (Lipinski definition) is 13. The van der Waals surface area contributed by atoms with Crippen molar-refractivity contribution >= 4 is 93.6 Å². The predicted molar refractivity (Wildman–Crippen MR) is 312 cm³/mol. The zero-order chi connectivity index (χ0) is 53.8. The van der Waals surface area contributed by atoms with Crippen molar-refractivity contribution in [1.29, 1.82) is 0 Å². The summed E-state index contributed by atoms with van der Waals surface area (Å²) in [6.45, 7) is 12.4. The molecular weight excluding hydrogens is 1170 g/mol. The van der Waals surface area contributed by atoms with Crippen LogP contribution in [-0.2, 0) is 40.3 Å². The van der Waals surface area contributed by atoms with Gasteiger partial charge in [0.25, 0.3) is 17.6 Å². The highest BCUT2D eigenvalue weighted by Crippen LogP contribution is 2.27. The zero-order valence-electron chi connectivity index (χ0n) is 44.1. The van der Waals surface area contributed by atoms with Gasteiger partial charge in [0.05, 0.1) is 27.5 Å². The number of carbonyl (C=O) groups excluding carboxylic acids is 3. The summed E-state index contributed by atoms with van der Waals surface area (Å²) in [5.41, 5.74) is 7.78. The fourth-order valence-electron chi connectivity index (χ4n) is 12.3. The van der Waals surface area contributed by atoms with Crippen LogP contribution in [0.2, 0.25) is 0 Å². The molecule has 3 aromatic carbocycles. The number of ether oxygens (including phenoxy) is 1. The Morgan fingerprint density at radius 1 is 0.532 bits per heavy atom. The van der Waals surface area contributed by atoms with Crippen molar-refractivity contribution in [2.75, 3.05) is 71.2 Å². The molecule has 17 nitrogen and oxygen atoms in total. The average molecular weight is 1250 g/mol. The van der Waals surface area contributed by atoms with Crippen molar-refractivity contribution in [2.45, 2.75) is 140 Å². The molecule has 10 heterocycles. The molecule has 0 radical (unpaired) electrons. The minimum absolute atomic E-state index is 0.113. The van der Waals surface area contributed by atoms with Gasteiger partial charge in [0.15, 0.2) is 5.75 Å². The zero-order valence-corrected chi connectivity index (χ0v) is 48.9. The van der Waals surface area contributed by atoms with Crippen LogP contribution in [0.25, 0.3) is 21.8 Å². The van der Waals surface area contributed by atoms with Crippen LogP contribution < -0.4 is 32.2 Å². The van der Waals surface area contributed by atoms with Crippen molar-refractivity contribution in [3.8, 4) is 5.75 Å². The number of piperidine rings is 4. The monoisotopic (exact) mass is 1250 g/mol. The molecule has 4 atom stereocenters. The number of nitrogens with one attached hydrogen (secondary N) is 2. The first kappa shape index (κ1) is 57.1. The lowest BCUT2D eigenvalue weighted by molar-refractivity contribution is -0.122. The molecular formula is C57H74Br3N11O6. The summed E-state index contributed by atoms with van der Waals surface area (Å²) in [5.74, 6) is 2.75. The number of halogens is 3. The SMILES string of the molecule is Nc1cc(Br)ccc1OC=O.O=C1CC2CCCCN2CCN1.O=C1CCN2CCCCC2CN1.O=c1c2ccc(Br)cc2nc2n1CC1CCCCN1CC2.O=c1c2ccc(Br)cc2nc2n1CCN1CCCCC1C2. The molecule has 13 rings (SSSR count). The van der Waals surface area contributed by atoms with Crippen LogP contribution in [0.1, 0.15) is 102 Å². The highest BCUT2D eigenvalue weighted by Gasteiger charge is 2.31. The van der Waals surface area contributed by atoms with Gasteiger partial charge in [-0.3, -0.25) is 52.7 Å². The third-order valence-corrected chi connectivity index (χ3v) is 18.0. The van der Waals surface area contributed by atoms with Gasteiger partial charge in [0, 0.05) is 116 Å². The number of rotatable bonds is 2. The molecule has 0 bridgehead atoms. The Morgan fingerprint density at radius 2 is 1.06 bits per heavy atom. The van der Waals surface area contributed by atoms with Gasteiger partial charge in [-0.05, 0) is 132 Å². The Kier molecular flexibility index (Phi) is 20.4. The van der Waals surface area contributed by atoms with Crippen LogP contribution in [0.15, 0.2) is 77.6 Å². The van der Waals surface area contributed by atoms with Gasteiger partial charge in [-0.2, -0.15) is 0 Å². The number of amides is 2. The molecule has 20 heteroatoms. The number of hydrogen-bond donors (Lipinski definition) is 3. The molecule has 0 spiro atoms. The molecule has 0 aliphatic carbocycles. The molecule has 2 aromatic heterocycles. The molecule has 8 aliphatic heterocycles. The number of fused-ring (bicyclic) bond motifs is 8. The predicted octanol–water partition coefficient (Wildman–Crippen LogP) is 7.43. The smallest absolute Gasteiger partial charge is 0.298 e. The summed E-state index contributed by atoms with van der Waals surface area (Å²) >= 11 is 10.2. The van der Waals surface area contributed by atoms with E-state index in [0.29, 0.717) is 48.5 Å². The van der Waals surface area contributed by atoms with E-state index in [1.165, 1.54) is 103 Å². The summed E-state index contributed by atoms with van der Waals surface area (Å²) in [5, 5.41) is 7.34. The van der Waals surface area contributed by atoms with Crippen LogP contribution in [0, 0.1) is 0 Å².